The molecule has 0 bridgehead atoms. The van der Waals surface area contributed by atoms with Crippen LogP contribution in [0, 0.1) is 0 Å². The van der Waals surface area contributed by atoms with Crippen LogP contribution in [0.25, 0.3) is 0 Å². The summed E-state index contributed by atoms with van der Waals surface area (Å²) in [6.07, 6.45) is 0. The minimum Gasteiger partial charge on any atom is -0.381 e. The van der Waals surface area contributed by atoms with Crippen molar-refractivity contribution in [1.29, 1.82) is 0 Å². The largest absolute Gasteiger partial charge is 0.381 e. The fraction of sp³-hybridized carbons (Fsp3) is 0.154. The Hall–Kier alpha value is -1.52. The number of amides is 1. The number of carbonyl (C=O) groups excluding carboxylic acids is 1. The van der Waals surface area contributed by atoms with Gasteiger partial charge in [0.1, 0.15) is 0 Å². The molecule has 0 spiro atoms. The van der Waals surface area contributed by atoms with E-state index in [1.54, 1.807) is 23.5 Å². The van der Waals surface area contributed by atoms with Crippen LogP contribution in [0.1, 0.15) is 12.5 Å². The molecule has 0 aliphatic rings. The van der Waals surface area contributed by atoms with Crippen molar-refractivity contribution >= 4 is 40.2 Å². The lowest BCUT2D eigenvalue weighted by atomic mass is 10.2. The highest BCUT2D eigenvalue weighted by Crippen LogP contribution is 2.25. The van der Waals surface area contributed by atoms with Gasteiger partial charge in [-0.15, -0.1) is 0 Å². The van der Waals surface area contributed by atoms with Crippen molar-refractivity contribution in [3.8, 4) is 0 Å². The number of carbonyl (C=O) groups is 1. The first-order valence-corrected chi connectivity index (χ1v) is 6.79. The molecule has 0 aliphatic carbocycles. The molecule has 1 amide bonds. The number of hydrogen-bond donors (Lipinski definition) is 2. The molecular formula is C13H13ClN2OS. The standard InChI is InChI=1S/C13H13ClN2OS/c1-9(17)16-13-3-2-11(6-12(13)14)15-7-10-4-5-18-8-10/h2-6,8,15H,7H2,1H3,(H,16,17). The summed E-state index contributed by atoms with van der Waals surface area (Å²) in [7, 11) is 0. The van der Waals surface area contributed by atoms with Crippen LogP contribution < -0.4 is 10.6 Å². The summed E-state index contributed by atoms with van der Waals surface area (Å²) >= 11 is 7.76. The predicted octanol–water partition coefficient (Wildman–Crippen LogP) is 3.97. The quantitative estimate of drug-likeness (QED) is 0.890. The highest BCUT2D eigenvalue weighted by molar-refractivity contribution is 7.07. The van der Waals surface area contributed by atoms with E-state index in [0.717, 1.165) is 12.2 Å². The average molecular weight is 281 g/mol. The second-order valence-electron chi connectivity index (χ2n) is 3.86. The van der Waals surface area contributed by atoms with Crippen molar-refractivity contribution in [2.45, 2.75) is 13.5 Å². The highest BCUT2D eigenvalue weighted by Gasteiger charge is 2.03. The summed E-state index contributed by atoms with van der Waals surface area (Å²) in [5, 5.41) is 10.6. The Labute approximate surface area is 115 Å². The molecule has 0 fully saturated rings. The molecule has 94 valence electrons. The maximum atomic E-state index is 10.9. The molecule has 2 N–H and O–H groups in total. The predicted molar refractivity (Wildman–Crippen MR) is 77.4 cm³/mol. The van der Waals surface area contributed by atoms with Gasteiger partial charge in [0.25, 0.3) is 0 Å². The topological polar surface area (TPSA) is 41.1 Å². The first kappa shape index (κ1) is 12.9. The Morgan fingerprint density at radius 2 is 2.22 bits per heavy atom. The van der Waals surface area contributed by atoms with Gasteiger partial charge < -0.3 is 10.6 Å². The van der Waals surface area contributed by atoms with Crippen LogP contribution in [0.2, 0.25) is 5.02 Å². The molecule has 0 atom stereocenters. The molecule has 0 saturated carbocycles. The van der Waals surface area contributed by atoms with Gasteiger partial charge >= 0.3 is 0 Å². The maximum absolute atomic E-state index is 10.9. The Kier molecular flexibility index (Phi) is 4.23. The molecule has 1 aromatic heterocycles. The molecule has 2 rings (SSSR count). The number of nitrogens with one attached hydrogen (secondary N) is 2. The van der Waals surface area contributed by atoms with Gasteiger partial charge in [0, 0.05) is 19.2 Å². The van der Waals surface area contributed by atoms with E-state index in [-0.39, 0.29) is 5.91 Å². The summed E-state index contributed by atoms with van der Waals surface area (Å²) in [6, 6.07) is 7.56. The van der Waals surface area contributed by atoms with Crippen molar-refractivity contribution in [2.75, 3.05) is 10.6 Å². The zero-order valence-corrected chi connectivity index (χ0v) is 11.4. The van der Waals surface area contributed by atoms with E-state index in [1.165, 1.54) is 12.5 Å². The lowest BCUT2D eigenvalue weighted by Gasteiger charge is -2.09. The van der Waals surface area contributed by atoms with Gasteiger partial charge in [0.2, 0.25) is 5.91 Å². The van der Waals surface area contributed by atoms with Gasteiger partial charge in [-0.05, 0) is 40.6 Å². The number of anilines is 2. The Balaban J connectivity index is 2.02. The summed E-state index contributed by atoms with van der Waals surface area (Å²) in [5.74, 6) is -0.129. The van der Waals surface area contributed by atoms with Gasteiger partial charge in [0.05, 0.1) is 10.7 Å². The van der Waals surface area contributed by atoms with Crippen LogP contribution in [0.5, 0.6) is 0 Å². The van der Waals surface area contributed by atoms with Gasteiger partial charge in [-0.1, -0.05) is 11.6 Å². The van der Waals surface area contributed by atoms with E-state index in [4.69, 9.17) is 11.6 Å². The minimum atomic E-state index is -0.129. The van der Waals surface area contributed by atoms with Crippen molar-refractivity contribution in [2.24, 2.45) is 0 Å². The van der Waals surface area contributed by atoms with Crippen molar-refractivity contribution in [1.82, 2.24) is 0 Å². The second kappa shape index (κ2) is 5.89. The van der Waals surface area contributed by atoms with E-state index >= 15 is 0 Å². The first-order chi connectivity index (χ1) is 8.65. The van der Waals surface area contributed by atoms with Crippen LogP contribution in [-0.4, -0.2) is 5.91 Å². The van der Waals surface area contributed by atoms with Crippen LogP contribution in [-0.2, 0) is 11.3 Å². The van der Waals surface area contributed by atoms with Crippen LogP contribution in [0.3, 0.4) is 0 Å². The van der Waals surface area contributed by atoms with E-state index in [2.05, 4.69) is 22.1 Å². The fourth-order valence-corrected chi connectivity index (χ4v) is 2.41. The average Bonchev–Trinajstić information content (AvgIpc) is 2.82. The molecule has 3 nitrogen and oxygen atoms in total. The molecule has 0 saturated heterocycles. The zero-order chi connectivity index (χ0) is 13.0. The molecule has 5 heteroatoms. The molecule has 2 aromatic rings. The Morgan fingerprint density at radius 1 is 1.39 bits per heavy atom. The normalized spacial score (nSPS) is 10.1. The zero-order valence-electron chi connectivity index (χ0n) is 9.87. The minimum absolute atomic E-state index is 0.129. The Bertz CT molecular complexity index is 540. The molecule has 0 aliphatic heterocycles. The molecule has 1 heterocycles. The number of benzene rings is 1. The molecule has 0 radical (unpaired) electrons. The van der Waals surface area contributed by atoms with Gasteiger partial charge in [0.15, 0.2) is 0 Å². The van der Waals surface area contributed by atoms with Gasteiger partial charge in [-0.3, -0.25) is 4.79 Å². The molecular weight excluding hydrogens is 268 g/mol. The van der Waals surface area contributed by atoms with E-state index in [1.807, 2.05) is 11.4 Å². The first-order valence-electron chi connectivity index (χ1n) is 5.47. The van der Waals surface area contributed by atoms with E-state index in [9.17, 15) is 4.79 Å². The number of hydrogen-bond acceptors (Lipinski definition) is 3. The Morgan fingerprint density at radius 3 is 2.83 bits per heavy atom. The smallest absolute Gasteiger partial charge is 0.221 e. The number of rotatable bonds is 4. The van der Waals surface area contributed by atoms with Crippen molar-refractivity contribution in [3.05, 3.63) is 45.6 Å². The van der Waals surface area contributed by atoms with Gasteiger partial charge in [-0.2, -0.15) is 11.3 Å². The highest BCUT2D eigenvalue weighted by atomic mass is 35.5. The third-order valence-corrected chi connectivity index (χ3v) is 3.40. The van der Waals surface area contributed by atoms with Crippen LogP contribution in [0.4, 0.5) is 11.4 Å². The monoisotopic (exact) mass is 280 g/mol. The van der Waals surface area contributed by atoms with Crippen molar-refractivity contribution in [3.63, 3.8) is 0 Å². The summed E-state index contributed by atoms with van der Waals surface area (Å²) < 4.78 is 0. The van der Waals surface area contributed by atoms with Crippen molar-refractivity contribution < 1.29 is 4.79 Å². The second-order valence-corrected chi connectivity index (χ2v) is 5.05. The number of halogens is 1. The lowest BCUT2D eigenvalue weighted by molar-refractivity contribution is -0.114. The van der Waals surface area contributed by atoms with E-state index < -0.39 is 0 Å². The van der Waals surface area contributed by atoms with Gasteiger partial charge in [-0.25, -0.2) is 0 Å². The lowest BCUT2D eigenvalue weighted by Crippen LogP contribution is -2.06. The fourth-order valence-electron chi connectivity index (χ4n) is 1.51. The summed E-state index contributed by atoms with van der Waals surface area (Å²) in [4.78, 5) is 10.9. The molecule has 0 unspecified atom stereocenters. The van der Waals surface area contributed by atoms with E-state index in [0.29, 0.717) is 10.7 Å². The molecule has 1 aromatic carbocycles. The molecule has 18 heavy (non-hydrogen) atoms. The third kappa shape index (κ3) is 3.48. The SMILES string of the molecule is CC(=O)Nc1ccc(NCc2ccsc2)cc1Cl. The summed E-state index contributed by atoms with van der Waals surface area (Å²) in [5.41, 5.74) is 2.80. The summed E-state index contributed by atoms with van der Waals surface area (Å²) in [6.45, 7) is 2.22. The number of thiophene rings is 1. The van der Waals surface area contributed by atoms with Crippen LogP contribution in [0.15, 0.2) is 35.0 Å². The van der Waals surface area contributed by atoms with Crippen LogP contribution >= 0.6 is 22.9 Å². The third-order valence-electron chi connectivity index (χ3n) is 2.36. The maximum Gasteiger partial charge on any atom is 0.221 e.